The van der Waals surface area contributed by atoms with Crippen molar-refractivity contribution in [2.24, 2.45) is 0 Å². The molecule has 2 heterocycles. The van der Waals surface area contributed by atoms with E-state index in [9.17, 15) is 13.8 Å². The number of benzene rings is 1. The molecule has 3 rings (SSSR count). The number of hydrogen-bond acceptors (Lipinski definition) is 6. The van der Waals surface area contributed by atoms with Crippen LogP contribution in [0.1, 0.15) is 13.3 Å². The highest BCUT2D eigenvalue weighted by Gasteiger charge is 2.36. The third kappa shape index (κ3) is 4.35. The van der Waals surface area contributed by atoms with Crippen LogP contribution in [-0.4, -0.2) is 46.1 Å². The SMILES string of the molecule is CCOC(=O)CC1C(=O)NCCN1S(=O)Oc1cc2ccc(Cl)cc2s1. The van der Waals surface area contributed by atoms with Gasteiger partial charge < -0.3 is 14.2 Å². The van der Waals surface area contributed by atoms with Crippen molar-refractivity contribution >= 4 is 56.2 Å². The lowest BCUT2D eigenvalue weighted by molar-refractivity contribution is -0.146. The first kappa shape index (κ1) is 19.1. The molecule has 2 unspecified atom stereocenters. The number of amides is 1. The van der Waals surface area contributed by atoms with Crippen LogP contribution in [0.25, 0.3) is 10.1 Å². The van der Waals surface area contributed by atoms with Gasteiger partial charge in [0.25, 0.3) is 11.3 Å². The molecule has 1 saturated heterocycles. The third-order valence-electron chi connectivity index (χ3n) is 3.75. The minimum absolute atomic E-state index is 0.184. The lowest BCUT2D eigenvalue weighted by Crippen LogP contribution is -2.56. The van der Waals surface area contributed by atoms with Gasteiger partial charge in [-0.2, -0.15) is 8.51 Å². The fraction of sp³-hybridized carbons (Fsp3) is 0.375. The minimum atomic E-state index is -1.92. The van der Waals surface area contributed by atoms with E-state index in [4.69, 9.17) is 20.5 Å². The Labute approximate surface area is 162 Å². The highest BCUT2D eigenvalue weighted by Crippen LogP contribution is 2.34. The van der Waals surface area contributed by atoms with Gasteiger partial charge in [-0.25, -0.2) is 0 Å². The molecule has 0 radical (unpaired) electrons. The molecule has 26 heavy (non-hydrogen) atoms. The maximum absolute atomic E-state index is 12.7. The smallest absolute Gasteiger partial charge is 0.307 e. The summed E-state index contributed by atoms with van der Waals surface area (Å²) in [5.41, 5.74) is 0. The molecule has 2 aromatic rings. The molecule has 2 atom stereocenters. The molecule has 0 spiro atoms. The molecule has 1 aliphatic heterocycles. The molecule has 1 N–H and O–H groups in total. The summed E-state index contributed by atoms with van der Waals surface area (Å²) in [5.74, 6) is -0.891. The first-order chi connectivity index (χ1) is 12.5. The van der Waals surface area contributed by atoms with E-state index in [0.717, 1.165) is 10.1 Å². The van der Waals surface area contributed by atoms with Gasteiger partial charge in [0.05, 0.1) is 13.0 Å². The van der Waals surface area contributed by atoms with Gasteiger partial charge in [-0.1, -0.05) is 29.0 Å². The Morgan fingerprint density at radius 2 is 2.27 bits per heavy atom. The Morgan fingerprint density at radius 3 is 3.04 bits per heavy atom. The summed E-state index contributed by atoms with van der Waals surface area (Å²) in [4.78, 5) is 23.9. The van der Waals surface area contributed by atoms with Gasteiger partial charge in [0.1, 0.15) is 6.04 Å². The molecule has 140 valence electrons. The molecule has 1 aromatic carbocycles. The number of hydrogen-bond donors (Lipinski definition) is 1. The van der Waals surface area contributed by atoms with E-state index < -0.39 is 23.3 Å². The van der Waals surface area contributed by atoms with Crippen LogP contribution in [0.3, 0.4) is 0 Å². The monoisotopic (exact) mass is 416 g/mol. The third-order valence-corrected chi connectivity index (χ3v) is 6.21. The topological polar surface area (TPSA) is 84.9 Å². The summed E-state index contributed by atoms with van der Waals surface area (Å²) in [6.07, 6.45) is -0.184. The standard InChI is InChI=1S/C16H17ClN2O5S2/c1-2-23-14(20)9-12-16(21)18-5-6-19(12)26(22)24-15-7-10-3-4-11(17)8-13(10)25-15/h3-4,7-8,12H,2,5-6,9H2,1H3,(H,18,21). The molecular formula is C16H17ClN2O5S2. The van der Waals surface area contributed by atoms with Crippen molar-refractivity contribution in [3.63, 3.8) is 0 Å². The highest BCUT2D eigenvalue weighted by atomic mass is 35.5. The average Bonchev–Trinajstić information content (AvgIpc) is 2.98. The maximum atomic E-state index is 12.7. The Balaban J connectivity index is 1.74. The summed E-state index contributed by atoms with van der Waals surface area (Å²) >= 11 is 5.36. The second-order valence-electron chi connectivity index (χ2n) is 5.50. The van der Waals surface area contributed by atoms with E-state index in [0.29, 0.717) is 23.2 Å². The van der Waals surface area contributed by atoms with Crippen molar-refractivity contribution in [3.05, 3.63) is 29.3 Å². The van der Waals surface area contributed by atoms with E-state index in [2.05, 4.69) is 5.32 Å². The van der Waals surface area contributed by atoms with Crippen LogP contribution >= 0.6 is 22.9 Å². The number of ether oxygens (including phenoxy) is 1. The zero-order chi connectivity index (χ0) is 18.7. The van der Waals surface area contributed by atoms with Crippen molar-refractivity contribution in [1.29, 1.82) is 0 Å². The van der Waals surface area contributed by atoms with Gasteiger partial charge in [-0.3, -0.25) is 9.59 Å². The van der Waals surface area contributed by atoms with Crippen LogP contribution < -0.4 is 9.50 Å². The van der Waals surface area contributed by atoms with Crippen LogP contribution in [0, 0.1) is 0 Å². The number of nitrogens with zero attached hydrogens (tertiary/aromatic N) is 1. The molecule has 0 bridgehead atoms. The predicted octanol–water partition coefficient (Wildman–Crippen LogP) is 2.27. The van der Waals surface area contributed by atoms with Crippen molar-refractivity contribution < 1.29 is 22.7 Å². The Kier molecular flexibility index (Phi) is 6.13. The van der Waals surface area contributed by atoms with E-state index in [1.165, 1.54) is 15.6 Å². The van der Waals surface area contributed by atoms with E-state index in [1.54, 1.807) is 25.1 Å². The second-order valence-corrected chi connectivity index (χ2v) is 8.06. The number of rotatable bonds is 6. The lowest BCUT2D eigenvalue weighted by atomic mass is 10.1. The van der Waals surface area contributed by atoms with Gasteiger partial charge in [-0.15, -0.1) is 0 Å². The normalized spacial score (nSPS) is 19.2. The quantitative estimate of drug-likeness (QED) is 0.730. The molecule has 1 amide bonds. The largest absolute Gasteiger partial charge is 0.466 e. The Bertz CT molecular complexity index is 856. The van der Waals surface area contributed by atoms with E-state index in [-0.39, 0.29) is 18.9 Å². The van der Waals surface area contributed by atoms with Crippen molar-refractivity contribution in [1.82, 2.24) is 9.62 Å². The molecule has 0 saturated carbocycles. The van der Waals surface area contributed by atoms with Gasteiger partial charge in [-0.05, 0) is 24.4 Å². The molecular weight excluding hydrogens is 400 g/mol. The number of carbonyl (C=O) groups is 2. The Morgan fingerprint density at radius 1 is 1.46 bits per heavy atom. The summed E-state index contributed by atoms with van der Waals surface area (Å²) in [7, 11) is 0. The van der Waals surface area contributed by atoms with E-state index >= 15 is 0 Å². The van der Waals surface area contributed by atoms with Crippen molar-refractivity contribution in [2.75, 3.05) is 19.7 Å². The maximum Gasteiger partial charge on any atom is 0.307 e. The Hall–Kier alpha value is -1.68. The number of fused-ring (bicyclic) bond motifs is 1. The first-order valence-corrected chi connectivity index (χ1v) is 10.2. The zero-order valence-electron chi connectivity index (χ0n) is 13.9. The molecule has 1 fully saturated rings. The number of halogens is 1. The number of nitrogens with one attached hydrogen (secondary N) is 1. The number of esters is 1. The summed E-state index contributed by atoms with van der Waals surface area (Å²) in [6, 6.07) is 6.28. The molecule has 10 heteroatoms. The molecule has 1 aromatic heterocycles. The minimum Gasteiger partial charge on any atom is -0.466 e. The summed E-state index contributed by atoms with van der Waals surface area (Å²) < 4.78 is 25.4. The van der Waals surface area contributed by atoms with Crippen LogP contribution in [0.5, 0.6) is 5.06 Å². The van der Waals surface area contributed by atoms with Gasteiger partial charge >= 0.3 is 5.97 Å². The summed E-state index contributed by atoms with van der Waals surface area (Å²) in [6.45, 7) is 2.54. The van der Waals surface area contributed by atoms with Gasteiger partial charge in [0.2, 0.25) is 5.91 Å². The first-order valence-electron chi connectivity index (χ1n) is 7.97. The number of piperazine rings is 1. The zero-order valence-corrected chi connectivity index (χ0v) is 16.3. The number of carbonyl (C=O) groups excluding carboxylic acids is 2. The van der Waals surface area contributed by atoms with Crippen LogP contribution in [-0.2, 0) is 25.6 Å². The van der Waals surface area contributed by atoms with Crippen LogP contribution in [0.2, 0.25) is 5.02 Å². The van der Waals surface area contributed by atoms with Crippen LogP contribution in [0.15, 0.2) is 24.3 Å². The average molecular weight is 417 g/mol. The van der Waals surface area contributed by atoms with Gasteiger partial charge in [0.15, 0.2) is 5.06 Å². The fourth-order valence-corrected chi connectivity index (χ4v) is 4.87. The predicted molar refractivity (Wildman–Crippen MR) is 100 cm³/mol. The fourth-order valence-electron chi connectivity index (χ4n) is 2.58. The van der Waals surface area contributed by atoms with E-state index in [1.807, 2.05) is 6.07 Å². The lowest BCUT2D eigenvalue weighted by Gasteiger charge is -2.31. The van der Waals surface area contributed by atoms with Crippen molar-refractivity contribution in [3.8, 4) is 5.06 Å². The second kappa shape index (κ2) is 8.34. The van der Waals surface area contributed by atoms with Crippen molar-refractivity contribution in [2.45, 2.75) is 19.4 Å². The molecule has 0 aliphatic carbocycles. The summed E-state index contributed by atoms with van der Waals surface area (Å²) in [5, 5.41) is 4.64. The number of thiophene rings is 1. The molecule has 7 nitrogen and oxygen atoms in total. The van der Waals surface area contributed by atoms with Crippen LogP contribution in [0.4, 0.5) is 0 Å². The van der Waals surface area contributed by atoms with Gasteiger partial charge in [0, 0.05) is 28.9 Å². The molecule has 1 aliphatic rings. The highest BCUT2D eigenvalue weighted by molar-refractivity contribution is 7.78.